The number of halogens is 5. The number of hydroxylamine groups is 3. The molecule has 0 bridgehead atoms. The number of quaternary nitrogens is 1. The van der Waals surface area contributed by atoms with Crippen LogP contribution in [0, 0.1) is 11.6 Å². The Hall–Kier alpha value is -2.32. The van der Waals surface area contributed by atoms with E-state index in [9.17, 15) is 40.0 Å². The first-order chi connectivity index (χ1) is 14.7. The Morgan fingerprint density at radius 2 is 1.84 bits per heavy atom. The average molecular weight is 486 g/mol. The van der Waals surface area contributed by atoms with Gasteiger partial charge < -0.3 is 5.32 Å². The summed E-state index contributed by atoms with van der Waals surface area (Å²) in [5, 5.41) is 3.08. The highest BCUT2D eigenvalue weighted by molar-refractivity contribution is 7.90. The van der Waals surface area contributed by atoms with E-state index < -0.39 is 67.8 Å². The van der Waals surface area contributed by atoms with Crippen molar-refractivity contribution in [1.29, 1.82) is 0 Å². The van der Waals surface area contributed by atoms with Gasteiger partial charge in [-0.05, 0) is 42.7 Å². The molecule has 2 fully saturated rings. The van der Waals surface area contributed by atoms with E-state index in [1.807, 2.05) is 0 Å². The van der Waals surface area contributed by atoms with Crippen LogP contribution >= 0.6 is 0 Å². The predicted molar refractivity (Wildman–Crippen MR) is 98.4 cm³/mol. The van der Waals surface area contributed by atoms with Crippen molar-refractivity contribution in [1.82, 2.24) is 10.2 Å². The first kappa shape index (κ1) is 24.3. The SMILES string of the molecule is CS(=O)(=O)c1cc(F)c(C[N+]2(OC(=O)C(F)(F)F)CCN(C3CCNCC3)C2=O)cc1F. The molecule has 2 aliphatic rings. The van der Waals surface area contributed by atoms with Gasteiger partial charge >= 0.3 is 18.2 Å². The van der Waals surface area contributed by atoms with Gasteiger partial charge in [-0.3, -0.25) is 9.74 Å². The van der Waals surface area contributed by atoms with Crippen LogP contribution in [0.3, 0.4) is 0 Å². The summed E-state index contributed by atoms with van der Waals surface area (Å²) in [6.45, 7) is -0.262. The zero-order chi connectivity index (χ0) is 23.9. The molecule has 14 heteroatoms. The second kappa shape index (κ2) is 8.56. The molecule has 0 spiro atoms. The number of benzene rings is 1. The zero-order valence-electron chi connectivity index (χ0n) is 16.9. The number of hydrogen-bond acceptors (Lipinski definition) is 6. The van der Waals surface area contributed by atoms with E-state index in [4.69, 9.17) is 0 Å². The maximum absolute atomic E-state index is 14.6. The summed E-state index contributed by atoms with van der Waals surface area (Å²) in [4.78, 5) is 29.6. The lowest BCUT2D eigenvalue weighted by molar-refractivity contribution is -1.03. The van der Waals surface area contributed by atoms with E-state index in [-0.39, 0.29) is 12.6 Å². The van der Waals surface area contributed by atoms with E-state index in [0.717, 1.165) is 0 Å². The summed E-state index contributed by atoms with van der Waals surface area (Å²) in [5.74, 6) is -5.25. The van der Waals surface area contributed by atoms with Crippen molar-refractivity contribution >= 4 is 21.8 Å². The lowest BCUT2D eigenvalue weighted by Gasteiger charge is -2.32. The highest BCUT2D eigenvalue weighted by Gasteiger charge is 2.57. The number of piperidine rings is 1. The Bertz CT molecular complexity index is 1030. The number of carbonyl (C=O) groups is 2. The van der Waals surface area contributed by atoms with E-state index in [2.05, 4.69) is 10.2 Å². The van der Waals surface area contributed by atoms with Crippen LogP contribution in [-0.2, 0) is 26.0 Å². The van der Waals surface area contributed by atoms with Crippen LogP contribution in [-0.4, -0.2) is 74.6 Å². The van der Waals surface area contributed by atoms with Crippen LogP contribution in [0.15, 0.2) is 17.0 Å². The van der Waals surface area contributed by atoms with Crippen molar-refractivity contribution in [2.24, 2.45) is 0 Å². The van der Waals surface area contributed by atoms with Gasteiger partial charge in [0.1, 0.15) is 23.1 Å². The molecule has 0 radical (unpaired) electrons. The summed E-state index contributed by atoms with van der Waals surface area (Å²) in [6, 6.07) is -0.440. The number of urea groups is 1. The summed E-state index contributed by atoms with van der Waals surface area (Å²) >= 11 is 0. The molecule has 0 aliphatic carbocycles. The van der Waals surface area contributed by atoms with Crippen molar-refractivity contribution in [2.45, 2.75) is 36.5 Å². The second-order valence-electron chi connectivity index (χ2n) is 7.75. The Morgan fingerprint density at radius 1 is 1.22 bits per heavy atom. The monoisotopic (exact) mass is 486 g/mol. The minimum atomic E-state index is -5.42. The van der Waals surface area contributed by atoms with Crippen LogP contribution < -0.4 is 5.32 Å². The van der Waals surface area contributed by atoms with Crippen molar-refractivity contribution in [2.75, 3.05) is 32.4 Å². The molecule has 1 aromatic carbocycles. The maximum atomic E-state index is 14.6. The molecule has 0 saturated carbocycles. The fourth-order valence-corrected chi connectivity index (χ4v) is 4.61. The van der Waals surface area contributed by atoms with Crippen molar-refractivity contribution < 1.29 is 49.4 Å². The van der Waals surface area contributed by atoms with Gasteiger partial charge in [0.25, 0.3) is 0 Å². The van der Waals surface area contributed by atoms with Crippen molar-refractivity contribution in [3.05, 3.63) is 29.3 Å². The molecule has 32 heavy (non-hydrogen) atoms. The lowest BCUT2D eigenvalue weighted by atomic mass is 10.1. The standard InChI is InChI=1S/C18H21F5N3O5S/c1-32(29,30)15-9-13(19)11(8-14(15)20)10-26(31-16(27)18(21,22)23)7-6-25(17(26)28)12-2-4-24-5-3-12/h8-9,12,24H,2-7,10H2,1H3/q+1. The van der Waals surface area contributed by atoms with Crippen LogP contribution in [0.1, 0.15) is 18.4 Å². The maximum Gasteiger partial charge on any atom is 0.497 e. The van der Waals surface area contributed by atoms with Crippen LogP contribution in [0.4, 0.5) is 26.7 Å². The first-order valence-electron chi connectivity index (χ1n) is 9.62. The van der Waals surface area contributed by atoms with Crippen molar-refractivity contribution in [3.63, 3.8) is 0 Å². The molecular weight excluding hydrogens is 465 g/mol. The molecule has 2 aliphatic heterocycles. The summed E-state index contributed by atoms with van der Waals surface area (Å²) in [7, 11) is -4.12. The van der Waals surface area contributed by atoms with Crippen LogP contribution in [0.25, 0.3) is 0 Å². The second-order valence-corrected chi connectivity index (χ2v) is 9.74. The van der Waals surface area contributed by atoms with E-state index >= 15 is 0 Å². The molecule has 3 rings (SSSR count). The molecule has 1 atom stereocenters. The third kappa shape index (κ3) is 4.86. The van der Waals surface area contributed by atoms with Crippen molar-refractivity contribution in [3.8, 4) is 0 Å². The van der Waals surface area contributed by atoms with Gasteiger partial charge in [0, 0.05) is 17.9 Å². The Balaban J connectivity index is 1.98. The zero-order valence-corrected chi connectivity index (χ0v) is 17.7. The Morgan fingerprint density at radius 3 is 2.41 bits per heavy atom. The molecule has 2 saturated heterocycles. The van der Waals surface area contributed by atoms with Gasteiger partial charge in [-0.15, -0.1) is 0 Å². The predicted octanol–water partition coefficient (Wildman–Crippen LogP) is 1.89. The van der Waals surface area contributed by atoms with Gasteiger partial charge in [0.05, 0.1) is 6.54 Å². The van der Waals surface area contributed by atoms with Gasteiger partial charge in [-0.25, -0.2) is 26.8 Å². The van der Waals surface area contributed by atoms with Gasteiger partial charge in [0.2, 0.25) is 0 Å². The average Bonchev–Trinajstić information content (AvgIpc) is 2.99. The number of carbonyl (C=O) groups excluding carboxylic acids is 2. The molecule has 1 aromatic rings. The number of amides is 2. The Kier molecular flexibility index (Phi) is 6.50. The van der Waals surface area contributed by atoms with Crippen LogP contribution in [0.2, 0.25) is 0 Å². The summed E-state index contributed by atoms with van der Waals surface area (Å²) in [5.41, 5.74) is -0.606. The normalized spacial score (nSPS) is 22.9. The third-order valence-electron chi connectivity index (χ3n) is 5.46. The fraction of sp³-hybridized carbons (Fsp3) is 0.556. The lowest BCUT2D eigenvalue weighted by Crippen LogP contribution is -2.55. The largest absolute Gasteiger partial charge is 0.497 e. The number of nitrogens with zero attached hydrogens (tertiary/aromatic N) is 2. The summed E-state index contributed by atoms with van der Waals surface area (Å²) < 4.78 is 89.2. The minimum Gasteiger partial charge on any atom is -0.317 e. The molecule has 0 aromatic heterocycles. The molecule has 8 nitrogen and oxygen atoms in total. The van der Waals surface area contributed by atoms with Gasteiger partial charge in [-0.1, -0.05) is 0 Å². The van der Waals surface area contributed by atoms with Crippen LogP contribution in [0.5, 0.6) is 0 Å². The smallest absolute Gasteiger partial charge is 0.317 e. The molecule has 1 N–H and O–H groups in total. The van der Waals surface area contributed by atoms with Gasteiger partial charge in [0.15, 0.2) is 16.4 Å². The Labute approximate surface area is 180 Å². The minimum absolute atomic E-state index is 0.0554. The number of rotatable bonds is 5. The van der Waals surface area contributed by atoms with Gasteiger partial charge in [-0.2, -0.15) is 13.2 Å². The molecular formula is C18H21F5N3O5S+. The first-order valence-corrected chi connectivity index (χ1v) is 11.5. The quantitative estimate of drug-likeness (QED) is 0.505. The fourth-order valence-electron chi connectivity index (χ4n) is 3.88. The van der Waals surface area contributed by atoms with E-state index in [1.54, 1.807) is 0 Å². The molecule has 2 heterocycles. The topological polar surface area (TPSA) is 92.8 Å². The number of sulfone groups is 1. The highest BCUT2D eigenvalue weighted by atomic mass is 32.2. The molecule has 1 unspecified atom stereocenters. The third-order valence-corrected chi connectivity index (χ3v) is 6.57. The molecule has 2 amide bonds. The van der Waals surface area contributed by atoms with E-state index in [0.29, 0.717) is 44.3 Å². The highest BCUT2D eigenvalue weighted by Crippen LogP contribution is 2.32. The number of alkyl halides is 3. The summed E-state index contributed by atoms with van der Waals surface area (Å²) in [6.07, 6.45) is -3.72. The van der Waals surface area contributed by atoms with E-state index in [1.165, 1.54) is 4.90 Å². The number of hydrogen-bond donors (Lipinski definition) is 1. The molecule has 178 valence electrons. The number of nitrogens with one attached hydrogen (secondary N) is 1.